The Morgan fingerprint density at radius 1 is 1.37 bits per heavy atom. The summed E-state index contributed by atoms with van der Waals surface area (Å²) >= 11 is 9.56. The maximum Gasteiger partial charge on any atom is 0.282 e. The summed E-state index contributed by atoms with van der Waals surface area (Å²) in [5.74, 6) is 1.13. The Balaban J connectivity index is 2.20. The Morgan fingerprint density at radius 2 is 2.13 bits per heavy atom. The van der Waals surface area contributed by atoms with Crippen molar-refractivity contribution in [1.82, 2.24) is 9.66 Å². The van der Waals surface area contributed by atoms with Crippen molar-refractivity contribution >= 4 is 44.6 Å². The van der Waals surface area contributed by atoms with E-state index in [2.05, 4.69) is 26.0 Å². The first-order valence-electron chi connectivity index (χ1n) is 8.99. The van der Waals surface area contributed by atoms with Crippen molar-refractivity contribution in [3.05, 3.63) is 61.6 Å². The molecule has 9 heteroatoms. The molecule has 0 saturated carbocycles. The zero-order chi connectivity index (χ0) is 21.8. The van der Waals surface area contributed by atoms with E-state index in [1.807, 2.05) is 26.0 Å². The fourth-order valence-electron chi connectivity index (χ4n) is 2.87. The first-order valence-corrected chi connectivity index (χ1v) is 10.2. The molecular weight excluding hydrogens is 472 g/mol. The fourth-order valence-corrected chi connectivity index (χ4v) is 3.44. The summed E-state index contributed by atoms with van der Waals surface area (Å²) in [4.78, 5) is 17.8. The molecule has 0 aliphatic carbocycles. The van der Waals surface area contributed by atoms with E-state index in [-0.39, 0.29) is 18.1 Å². The third-order valence-electron chi connectivity index (χ3n) is 4.21. The third-order valence-corrected chi connectivity index (χ3v) is 4.92. The highest BCUT2D eigenvalue weighted by Gasteiger charge is 2.15. The van der Waals surface area contributed by atoms with Crippen LogP contribution in [-0.4, -0.2) is 29.6 Å². The molecule has 1 heterocycles. The zero-order valence-corrected chi connectivity index (χ0v) is 18.9. The molecule has 154 valence electrons. The van der Waals surface area contributed by atoms with Gasteiger partial charge < -0.3 is 9.47 Å². The summed E-state index contributed by atoms with van der Waals surface area (Å²) in [6.45, 7) is 3.69. The molecule has 0 aliphatic rings. The zero-order valence-electron chi connectivity index (χ0n) is 16.5. The van der Waals surface area contributed by atoms with Crippen LogP contribution in [0, 0.1) is 11.3 Å². The summed E-state index contributed by atoms with van der Waals surface area (Å²) in [5.41, 5.74) is 0.765. The van der Waals surface area contributed by atoms with E-state index >= 15 is 0 Å². The van der Waals surface area contributed by atoms with Crippen LogP contribution in [0.15, 0.2) is 44.7 Å². The van der Waals surface area contributed by atoms with Crippen molar-refractivity contribution in [1.29, 1.82) is 5.26 Å². The molecule has 0 spiro atoms. The minimum Gasteiger partial charge on any atom is -0.493 e. The highest BCUT2D eigenvalue weighted by atomic mass is 79.9. The normalized spacial score (nSPS) is 11.2. The molecule has 0 unspecified atom stereocenters. The van der Waals surface area contributed by atoms with Gasteiger partial charge in [-0.25, -0.2) is 4.98 Å². The lowest BCUT2D eigenvalue weighted by Gasteiger charge is -2.13. The van der Waals surface area contributed by atoms with Crippen molar-refractivity contribution in [3.63, 3.8) is 0 Å². The van der Waals surface area contributed by atoms with Crippen molar-refractivity contribution < 1.29 is 9.47 Å². The van der Waals surface area contributed by atoms with E-state index in [0.29, 0.717) is 38.8 Å². The van der Waals surface area contributed by atoms with Crippen LogP contribution in [0.2, 0.25) is 5.02 Å². The molecule has 0 aliphatic heterocycles. The molecule has 0 N–H and O–H groups in total. The van der Waals surface area contributed by atoms with Gasteiger partial charge in [0.2, 0.25) is 0 Å². The van der Waals surface area contributed by atoms with Gasteiger partial charge in [-0.3, -0.25) is 4.79 Å². The molecule has 30 heavy (non-hydrogen) atoms. The lowest BCUT2D eigenvalue weighted by atomic mass is 10.2. The third kappa shape index (κ3) is 4.48. The molecule has 0 atom stereocenters. The van der Waals surface area contributed by atoms with Crippen LogP contribution in [0.4, 0.5) is 0 Å². The monoisotopic (exact) mass is 488 g/mol. The number of halogens is 2. The van der Waals surface area contributed by atoms with Gasteiger partial charge in [-0.2, -0.15) is 15.0 Å². The van der Waals surface area contributed by atoms with Crippen molar-refractivity contribution in [3.8, 4) is 17.6 Å². The van der Waals surface area contributed by atoms with E-state index in [0.717, 1.165) is 4.47 Å². The largest absolute Gasteiger partial charge is 0.493 e. The maximum absolute atomic E-state index is 13.1. The number of hydrogen-bond acceptors (Lipinski definition) is 6. The molecule has 0 amide bonds. The molecule has 1 aromatic heterocycles. The first kappa shape index (κ1) is 21.8. The molecule has 0 fully saturated rings. The number of fused-ring (bicyclic) bond motifs is 1. The van der Waals surface area contributed by atoms with Crippen molar-refractivity contribution in [2.75, 3.05) is 13.7 Å². The second-order valence-electron chi connectivity index (χ2n) is 6.62. The number of methoxy groups -OCH3 is 1. The number of nitriles is 1. The number of aromatic nitrogens is 2. The lowest BCUT2D eigenvalue weighted by Crippen LogP contribution is -2.23. The molecule has 3 aromatic rings. The van der Waals surface area contributed by atoms with E-state index in [9.17, 15) is 4.79 Å². The number of rotatable bonds is 6. The Morgan fingerprint density at radius 3 is 2.80 bits per heavy atom. The van der Waals surface area contributed by atoms with Crippen LogP contribution < -0.4 is 15.0 Å². The lowest BCUT2D eigenvalue weighted by molar-refractivity contribution is 0.329. The number of nitrogens with zero attached hydrogens (tertiary/aromatic N) is 4. The SMILES string of the molecule is COc1cc(Cl)cc(C=Nn2c(C(C)C)nc3ccc(Br)cc3c2=O)c1OCC#N. The number of benzene rings is 2. The van der Waals surface area contributed by atoms with Gasteiger partial charge >= 0.3 is 0 Å². The van der Waals surface area contributed by atoms with Crippen LogP contribution >= 0.6 is 27.5 Å². The minimum absolute atomic E-state index is 0.0499. The van der Waals surface area contributed by atoms with Gasteiger partial charge in [0.25, 0.3) is 5.56 Å². The average molecular weight is 490 g/mol. The first-order chi connectivity index (χ1) is 14.3. The van der Waals surface area contributed by atoms with Crippen LogP contribution in [0.3, 0.4) is 0 Å². The predicted molar refractivity (Wildman–Crippen MR) is 120 cm³/mol. The molecule has 0 saturated heterocycles. The average Bonchev–Trinajstić information content (AvgIpc) is 2.71. The van der Waals surface area contributed by atoms with Crippen LogP contribution in [0.1, 0.15) is 31.2 Å². The van der Waals surface area contributed by atoms with Gasteiger partial charge in [0.1, 0.15) is 11.9 Å². The predicted octanol–water partition coefficient (Wildman–Crippen LogP) is 4.73. The van der Waals surface area contributed by atoms with Crippen LogP contribution in [0.5, 0.6) is 11.5 Å². The Hall–Kier alpha value is -2.89. The summed E-state index contributed by atoms with van der Waals surface area (Å²) in [7, 11) is 1.47. The van der Waals surface area contributed by atoms with Crippen LogP contribution in [0.25, 0.3) is 10.9 Å². The second-order valence-corrected chi connectivity index (χ2v) is 7.97. The standard InChI is InChI=1S/C21H18BrClN4O3/c1-12(2)20-26-17-5-4-14(22)9-16(17)21(28)27(20)25-11-13-8-15(23)10-18(29-3)19(13)30-7-6-24/h4-5,8-12H,7H2,1-3H3. The fraction of sp³-hybridized carbons (Fsp3) is 0.238. The molecule has 2 aromatic carbocycles. The van der Waals surface area contributed by atoms with Crippen molar-refractivity contribution in [2.45, 2.75) is 19.8 Å². The smallest absolute Gasteiger partial charge is 0.282 e. The molecule has 7 nitrogen and oxygen atoms in total. The van der Waals surface area contributed by atoms with Gasteiger partial charge in [0, 0.05) is 27.0 Å². The second kappa shape index (κ2) is 9.28. The van der Waals surface area contributed by atoms with Crippen molar-refractivity contribution in [2.24, 2.45) is 5.10 Å². The maximum atomic E-state index is 13.1. The van der Waals surface area contributed by atoms with Gasteiger partial charge in [0.15, 0.2) is 18.1 Å². The molecule has 0 bridgehead atoms. The molecule has 3 rings (SSSR count). The minimum atomic E-state index is -0.297. The quantitative estimate of drug-likeness (QED) is 0.467. The summed E-state index contributed by atoms with van der Waals surface area (Å²) < 4.78 is 12.8. The Kier molecular flexibility index (Phi) is 6.75. The van der Waals surface area contributed by atoms with E-state index < -0.39 is 0 Å². The summed E-state index contributed by atoms with van der Waals surface area (Å²) in [6.07, 6.45) is 1.44. The van der Waals surface area contributed by atoms with Gasteiger partial charge in [-0.1, -0.05) is 41.4 Å². The van der Waals surface area contributed by atoms with E-state index in [1.54, 1.807) is 24.3 Å². The number of hydrogen-bond donors (Lipinski definition) is 0. The van der Waals surface area contributed by atoms with Crippen LogP contribution in [-0.2, 0) is 0 Å². The molecule has 0 radical (unpaired) electrons. The van der Waals surface area contributed by atoms with Gasteiger partial charge in [0.05, 0.1) is 24.2 Å². The Labute approximate surface area is 186 Å². The van der Waals surface area contributed by atoms with E-state index in [1.165, 1.54) is 18.0 Å². The topological polar surface area (TPSA) is 89.5 Å². The van der Waals surface area contributed by atoms with Gasteiger partial charge in [-0.15, -0.1) is 0 Å². The summed E-state index contributed by atoms with van der Waals surface area (Å²) in [6, 6.07) is 10.4. The van der Waals surface area contributed by atoms with E-state index in [4.69, 9.17) is 26.3 Å². The van der Waals surface area contributed by atoms with Gasteiger partial charge in [-0.05, 0) is 24.3 Å². The highest BCUT2D eigenvalue weighted by Crippen LogP contribution is 2.34. The Bertz CT molecular complexity index is 1230. The highest BCUT2D eigenvalue weighted by molar-refractivity contribution is 9.10. The summed E-state index contributed by atoms with van der Waals surface area (Å²) in [5, 5.41) is 14.1. The molecular formula is C21H18BrClN4O3. The number of ether oxygens (including phenoxy) is 2.